The number of nitrogens with zero attached hydrogens (tertiary/aromatic N) is 1. The second-order valence-electron chi connectivity index (χ2n) is 12.4. The van der Waals surface area contributed by atoms with E-state index in [2.05, 4.69) is 6.92 Å². The molecule has 188 valence electrons. The van der Waals surface area contributed by atoms with E-state index in [4.69, 9.17) is 4.74 Å². The second-order valence-corrected chi connectivity index (χ2v) is 12.4. The summed E-state index contributed by atoms with van der Waals surface area (Å²) >= 11 is 0. The third-order valence-electron chi connectivity index (χ3n) is 9.84. The molecule has 4 aliphatic carbocycles. The van der Waals surface area contributed by atoms with Crippen LogP contribution in [0.15, 0.2) is 0 Å². The van der Waals surface area contributed by atoms with E-state index in [-0.39, 0.29) is 22.9 Å². The molecular weight excluding hydrogens is 414 g/mol. The Morgan fingerprint density at radius 3 is 1.58 bits per heavy atom. The zero-order valence-corrected chi connectivity index (χ0v) is 20.9. The molecule has 0 aromatic rings. The fraction of sp³-hybridized carbons (Fsp3) is 0.964. The summed E-state index contributed by atoms with van der Waals surface area (Å²) in [6, 6.07) is -0.462. The number of carbonyl (C=O) groups is 1. The number of hydrogen-bond donors (Lipinski definition) is 0. The van der Waals surface area contributed by atoms with Gasteiger partial charge < -0.3 is 4.74 Å². The van der Waals surface area contributed by atoms with Gasteiger partial charge in [-0.1, -0.05) is 58.3 Å². The maximum atomic E-state index is 12.5. The van der Waals surface area contributed by atoms with Crippen molar-refractivity contribution in [3.8, 4) is 0 Å². The van der Waals surface area contributed by atoms with Crippen molar-refractivity contribution >= 4 is 5.97 Å². The van der Waals surface area contributed by atoms with Crippen LogP contribution in [0.5, 0.6) is 0 Å². The van der Waals surface area contributed by atoms with Crippen LogP contribution < -0.4 is 0 Å². The molecule has 0 amide bonds. The number of ether oxygens (including phenoxy) is 1. The molecule has 33 heavy (non-hydrogen) atoms. The number of rotatable bonds is 7. The zero-order chi connectivity index (χ0) is 23.2. The van der Waals surface area contributed by atoms with Crippen LogP contribution in [0.25, 0.3) is 0 Å². The first-order valence-corrected chi connectivity index (χ1v) is 14.3. The second kappa shape index (κ2) is 12.0. The fourth-order valence-electron chi connectivity index (χ4n) is 7.48. The first kappa shape index (κ1) is 25.0. The van der Waals surface area contributed by atoms with Gasteiger partial charge >= 0.3 is 5.97 Å². The number of esters is 1. The van der Waals surface area contributed by atoms with Crippen LogP contribution in [0.3, 0.4) is 0 Å². The summed E-state index contributed by atoms with van der Waals surface area (Å²) in [5.74, 6) is 4.51. The maximum absolute atomic E-state index is 12.5. The Balaban J connectivity index is 1.08. The highest BCUT2D eigenvalue weighted by atomic mass is 16.6. The predicted octanol–water partition coefficient (Wildman–Crippen LogP) is 7.34. The van der Waals surface area contributed by atoms with Gasteiger partial charge in [-0.25, -0.2) is 0 Å². The van der Waals surface area contributed by atoms with Crippen LogP contribution in [0.1, 0.15) is 122 Å². The SMILES string of the molecule is CC1CCC(CC2CCC(CC3CCC(OC(=O)C4CCC([N+](=O)[O-])CC4)CC3)CC2)CC1. The molecular formula is C28H47NO4. The van der Waals surface area contributed by atoms with Crippen LogP contribution in [0.2, 0.25) is 0 Å². The molecule has 4 rings (SSSR count). The van der Waals surface area contributed by atoms with Crippen molar-refractivity contribution in [3.05, 3.63) is 10.1 Å². The lowest BCUT2D eigenvalue weighted by Gasteiger charge is -2.36. The van der Waals surface area contributed by atoms with E-state index in [1.165, 1.54) is 77.0 Å². The smallest absolute Gasteiger partial charge is 0.309 e. The third kappa shape index (κ3) is 7.42. The highest BCUT2D eigenvalue weighted by molar-refractivity contribution is 5.72. The Hall–Kier alpha value is -1.13. The van der Waals surface area contributed by atoms with Crippen LogP contribution >= 0.6 is 0 Å². The van der Waals surface area contributed by atoms with Gasteiger partial charge in [-0.15, -0.1) is 0 Å². The standard InChI is InChI=1S/C28H47NO4/c1-20-2-4-21(5-3-20)18-22-6-8-23(9-7-22)19-24-10-16-27(17-11-24)33-28(30)25-12-14-26(15-13-25)29(31)32/h20-27H,2-19H2,1H3. The van der Waals surface area contributed by atoms with E-state index >= 15 is 0 Å². The molecule has 0 spiro atoms. The quantitative estimate of drug-likeness (QED) is 0.226. The van der Waals surface area contributed by atoms with E-state index < -0.39 is 6.04 Å². The maximum Gasteiger partial charge on any atom is 0.309 e. The fourth-order valence-corrected chi connectivity index (χ4v) is 7.48. The number of carbonyl (C=O) groups excluding carboxylic acids is 1. The number of nitro groups is 1. The highest BCUT2D eigenvalue weighted by Crippen LogP contribution is 2.41. The summed E-state index contributed by atoms with van der Waals surface area (Å²) in [7, 11) is 0. The Morgan fingerprint density at radius 1 is 0.697 bits per heavy atom. The van der Waals surface area contributed by atoms with Crippen molar-refractivity contribution in [1.29, 1.82) is 0 Å². The average molecular weight is 462 g/mol. The van der Waals surface area contributed by atoms with E-state index in [0.717, 1.165) is 42.4 Å². The van der Waals surface area contributed by atoms with E-state index in [9.17, 15) is 14.9 Å². The molecule has 0 radical (unpaired) electrons. The van der Waals surface area contributed by atoms with Crippen LogP contribution in [0, 0.1) is 45.6 Å². The lowest BCUT2D eigenvalue weighted by atomic mass is 9.71. The van der Waals surface area contributed by atoms with Gasteiger partial charge in [0.1, 0.15) is 6.10 Å². The Labute approximate surface area is 200 Å². The van der Waals surface area contributed by atoms with E-state index in [1.54, 1.807) is 0 Å². The van der Waals surface area contributed by atoms with Crippen molar-refractivity contribution in [3.63, 3.8) is 0 Å². The van der Waals surface area contributed by atoms with Gasteiger partial charge in [0, 0.05) is 17.8 Å². The molecule has 4 saturated carbocycles. The van der Waals surface area contributed by atoms with Gasteiger partial charge in [-0.05, 0) is 81.0 Å². The molecule has 0 bridgehead atoms. The average Bonchev–Trinajstić information content (AvgIpc) is 2.83. The van der Waals surface area contributed by atoms with Crippen LogP contribution in [-0.4, -0.2) is 23.0 Å². The summed E-state index contributed by atoms with van der Waals surface area (Å²) in [6.07, 6.45) is 21.3. The van der Waals surface area contributed by atoms with Gasteiger partial charge in [0.2, 0.25) is 6.04 Å². The molecule has 0 N–H and O–H groups in total. The molecule has 0 aromatic heterocycles. The van der Waals surface area contributed by atoms with Gasteiger partial charge in [0.15, 0.2) is 0 Å². The third-order valence-corrected chi connectivity index (χ3v) is 9.84. The molecule has 4 fully saturated rings. The first-order valence-electron chi connectivity index (χ1n) is 14.3. The predicted molar refractivity (Wildman–Crippen MR) is 130 cm³/mol. The minimum absolute atomic E-state index is 0.0796. The largest absolute Gasteiger partial charge is 0.462 e. The van der Waals surface area contributed by atoms with Gasteiger partial charge in [-0.2, -0.15) is 0 Å². The summed E-state index contributed by atoms with van der Waals surface area (Å²) < 4.78 is 5.85. The molecule has 0 heterocycles. The van der Waals surface area contributed by atoms with Gasteiger partial charge in [0.05, 0.1) is 5.92 Å². The molecule has 0 aliphatic heterocycles. The molecule has 0 saturated heterocycles. The summed E-state index contributed by atoms with van der Waals surface area (Å²) in [5.41, 5.74) is 0. The monoisotopic (exact) mass is 461 g/mol. The van der Waals surface area contributed by atoms with Crippen molar-refractivity contribution in [1.82, 2.24) is 0 Å². The van der Waals surface area contributed by atoms with Crippen molar-refractivity contribution in [2.24, 2.45) is 35.5 Å². The summed E-state index contributed by atoms with van der Waals surface area (Å²) in [4.78, 5) is 23.3. The molecule has 4 aliphatic rings. The highest BCUT2D eigenvalue weighted by Gasteiger charge is 2.35. The Morgan fingerprint density at radius 2 is 1.12 bits per heavy atom. The minimum Gasteiger partial charge on any atom is -0.462 e. The lowest BCUT2D eigenvalue weighted by molar-refractivity contribution is -0.526. The first-order chi connectivity index (χ1) is 16.0. The molecule has 0 atom stereocenters. The van der Waals surface area contributed by atoms with E-state index in [0.29, 0.717) is 25.7 Å². The van der Waals surface area contributed by atoms with Crippen molar-refractivity contribution in [2.45, 2.75) is 135 Å². The Bertz CT molecular complexity index is 620. The minimum atomic E-state index is -0.462. The molecule has 0 aromatic carbocycles. The molecule has 0 unspecified atom stereocenters. The van der Waals surface area contributed by atoms with Crippen molar-refractivity contribution in [2.75, 3.05) is 0 Å². The van der Waals surface area contributed by atoms with Crippen LogP contribution in [0.4, 0.5) is 0 Å². The normalized spacial score (nSPS) is 40.2. The van der Waals surface area contributed by atoms with Gasteiger partial charge in [-0.3, -0.25) is 14.9 Å². The van der Waals surface area contributed by atoms with E-state index in [1.807, 2.05) is 0 Å². The summed E-state index contributed by atoms with van der Waals surface area (Å²) in [6.45, 7) is 2.42. The lowest BCUT2D eigenvalue weighted by Crippen LogP contribution is -2.33. The Kier molecular flexibility index (Phi) is 9.10. The zero-order valence-electron chi connectivity index (χ0n) is 20.9. The molecule has 5 nitrogen and oxygen atoms in total. The van der Waals surface area contributed by atoms with Crippen molar-refractivity contribution < 1.29 is 14.5 Å². The van der Waals surface area contributed by atoms with Gasteiger partial charge in [0.25, 0.3) is 0 Å². The van der Waals surface area contributed by atoms with Crippen LogP contribution in [-0.2, 0) is 9.53 Å². The topological polar surface area (TPSA) is 69.4 Å². The summed E-state index contributed by atoms with van der Waals surface area (Å²) in [5, 5.41) is 10.9. The number of hydrogen-bond acceptors (Lipinski definition) is 4. The molecule has 5 heteroatoms.